The zero-order valence-corrected chi connectivity index (χ0v) is 12.5. The maximum atomic E-state index is 10.1. The van der Waals surface area contributed by atoms with Crippen molar-refractivity contribution < 1.29 is 30.4 Å². The normalized spacial score (nSPS) is 12.8. The van der Waals surface area contributed by atoms with Crippen molar-refractivity contribution in [1.82, 2.24) is 0 Å². The molecule has 0 saturated carbocycles. The van der Waals surface area contributed by atoms with Crippen LogP contribution in [-0.4, -0.2) is 76.2 Å². The van der Waals surface area contributed by atoms with Gasteiger partial charge in [-0.2, -0.15) is 8.42 Å². The van der Waals surface area contributed by atoms with E-state index in [1.54, 1.807) is 0 Å². The van der Waals surface area contributed by atoms with Gasteiger partial charge in [0.15, 0.2) is 0 Å². The van der Waals surface area contributed by atoms with E-state index in [0.717, 1.165) is 0 Å². The summed E-state index contributed by atoms with van der Waals surface area (Å²) in [4.78, 5) is 0. The molecular formula is C8H22N2O6S2. The Balaban J connectivity index is 0. The van der Waals surface area contributed by atoms with Crippen molar-refractivity contribution in [3.63, 3.8) is 0 Å². The van der Waals surface area contributed by atoms with Crippen LogP contribution in [0.4, 0.5) is 0 Å². The quantitative estimate of drug-likeness (QED) is 0.448. The van der Waals surface area contributed by atoms with E-state index in [1.165, 1.54) is 0 Å². The van der Waals surface area contributed by atoms with E-state index in [1.807, 2.05) is 21.1 Å². The van der Waals surface area contributed by atoms with Crippen LogP contribution in [0.5, 0.6) is 0 Å². The molecule has 18 heavy (non-hydrogen) atoms. The van der Waals surface area contributed by atoms with Crippen LogP contribution in [0.25, 0.3) is 0 Å². The van der Waals surface area contributed by atoms with Crippen molar-refractivity contribution in [2.75, 3.05) is 45.7 Å². The zero-order valence-electron chi connectivity index (χ0n) is 10.9. The van der Waals surface area contributed by atoms with Gasteiger partial charge in [0, 0.05) is 0 Å². The molecule has 0 radical (unpaired) electrons. The molecule has 0 aromatic carbocycles. The van der Waals surface area contributed by atoms with Crippen molar-refractivity contribution in [2.24, 2.45) is 5.73 Å². The maximum absolute atomic E-state index is 10.1. The van der Waals surface area contributed by atoms with Crippen LogP contribution < -0.4 is 5.73 Å². The van der Waals surface area contributed by atoms with Gasteiger partial charge in [-0.3, -0.25) is 4.55 Å². The Morgan fingerprint density at radius 3 is 1.67 bits per heavy atom. The predicted octanol–water partition coefficient (Wildman–Crippen LogP) is -1.54. The summed E-state index contributed by atoms with van der Waals surface area (Å²) in [6.45, 7) is 0.658. The standard InChI is InChI=1S/C5H13NO3S.C3H9NO3S/c1-6(2,3)4-5-10(7,8)9;4-2-1-3-8(5,6)7/h4-5H2,1-3H3;1-4H2,(H,5,6,7). The van der Waals surface area contributed by atoms with Gasteiger partial charge in [-0.15, -0.1) is 0 Å². The summed E-state index contributed by atoms with van der Waals surface area (Å²) >= 11 is 0. The van der Waals surface area contributed by atoms with Crippen molar-refractivity contribution in [1.29, 1.82) is 0 Å². The maximum Gasteiger partial charge on any atom is 0.264 e. The van der Waals surface area contributed by atoms with Gasteiger partial charge in [-0.25, -0.2) is 8.42 Å². The van der Waals surface area contributed by atoms with Gasteiger partial charge in [-0.05, 0) is 13.0 Å². The highest BCUT2D eigenvalue weighted by atomic mass is 32.2. The third-order valence-electron chi connectivity index (χ3n) is 1.62. The molecule has 0 bridgehead atoms. The highest BCUT2D eigenvalue weighted by Gasteiger charge is 2.08. The molecule has 0 atom stereocenters. The Morgan fingerprint density at radius 2 is 1.56 bits per heavy atom. The third-order valence-corrected chi connectivity index (χ3v) is 3.11. The first-order valence-electron chi connectivity index (χ1n) is 5.16. The number of quaternary nitrogens is 1. The molecule has 0 amide bonds. The fraction of sp³-hybridized carbons (Fsp3) is 1.00. The topological polar surface area (TPSA) is 138 Å². The molecule has 0 heterocycles. The van der Waals surface area contributed by atoms with E-state index in [2.05, 4.69) is 0 Å². The molecule has 3 N–H and O–H groups in total. The molecule has 0 aliphatic heterocycles. The second-order valence-electron chi connectivity index (χ2n) is 4.70. The van der Waals surface area contributed by atoms with Gasteiger partial charge in [0.2, 0.25) is 0 Å². The van der Waals surface area contributed by atoms with E-state index < -0.39 is 20.2 Å². The van der Waals surface area contributed by atoms with E-state index in [0.29, 0.717) is 24.0 Å². The van der Waals surface area contributed by atoms with Crippen molar-refractivity contribution >= 4 is 20.2 Å². The molecule has 0 aromatic heterocycles. The number of rotatable bonds is 6. The minimum Gasteiger partial charge on any atom is -0.748 e. The van der Waals surface area contributed by atoms with Crippen molar-refractivity contribution in [3.05, 3.63) is 0 Å². The van der Waals surface area contributed by atoms with Crippen LogP contribution in [-0.2, 0) is 20.2 Å². The first-order valence-corrected chi connectivity index (χ1v) is 8.35. The van der Waals surface area contributed by atoms with Crippen molar-refractivity contribution in [2.45, 2.75) is 6.42 Å². The summed E-state index contributed by atoms with van der Waals surface area (Å²) in [5.41, 5.74) is 4.96. The number of hydrogen-bond acceptors (Lipinski definition) is 6. The highest BCUT2D eigenvalue weighted by molar-refractivity contribution is 7.85. The van der Waals surface area contributed by atoms with Gasteiger partial charge < -0.3 is 14.8 Å². The molecule has 0 saturated heterocycles. The zero-order chi connectivity index (χ0) is 15.0. The summed E-state index contributed by atoms with van der Waals surface area (Å²) in [7, 11) is -2.27. The average molecular weight is 306 g/mol. The van der Waals surface area contributed by atoms with E-state index in [9.17, 15) is 21.4 Å². The lowest BCUT2D eigenvalue weighted by molar-refractivity contribution is -0.867. The summed E-state index contributed by atoms with van der Waals surface area (Å²) in [6, 6.07) is 0. The van der Waals surface area contributed by atoms with E-state index in [4.69, 9.17) is 10.3 Å². The van der Waals surface area contributed by atoms with Gasteiger partial charge >= 0.3 is 0 Å². The lowest BCUT2D eigenvalue weighted by Gasteiger charge is -2.24. The fourth-order valence-electron chi connectivity index (χ4n) is 0.651. The Bertz CT molecular complexity index is 409. The van der Waals surface area contributed by atoms with Gasteiger partial charge in [0.1, 0.15) is 10.1 Å². The number of nitrogens with zero attached hydrogens (tertiary/aromatic N) is 1. The van der Waals surface area contributed by atoms with Crippen LogP contribution in [0.3, 0.4) is 0 Å². The smallest absolute Gasteiger partial charge is 0.264 e. The van der Waals surface area contributed by atoms with Gasteiger partial charge in [-0.1, -0.05) is 0 Å². The largest absolute Gasteiger partial charge is 0.748 e. The first kappa shape index (κ1) is 20.1. The second kappa shape index (κ2) is 8.02. The molecular weight excluding hydrogens is 284 g/mol. The first-order chi connectivity index (χ1) is 7.77. The summed E-state index contributed by atoms with van der Waals surface area (Å²) < 4.78 is 58.7. The molecule has 112 valence electrons. The Kier molecular flexibility index (Phi) is 8.94. The molecule has 8 nitrogen and oxygen atoms in total. The Labute approximate surface area is 109 Å². The molecule has 0 unspecified atom stereocenters. The van der Waals surface area contributed by atoms with Crippen LogP contribution in [0, 0.1) is 0 Å². The van der Waals surface area contributed by atoms with Crippen LogP contribution in [0.15, 0.2) is 0 Å². The minimum atomic E-state index is -4.02. The Hall–Kier alpha value is -0.260. The number of nitrogens with two attached hydrogens (primary N) is 1. The van der Waals surface area contributed by atoms with E-state index in [-0.39, 0.29) is 11.5 Å². The van der Waals surface area contributed by atoms with E-state index >= 15 is 0 Å². The predicted molar refractivity (Wildman–Crippen MR) is 67.6 cm³/mol. The highest BCUT2D eigenvalue weighted by Crippen LogP contribution is 1.91. The summed E-state index contributed by atoms with van der Waals surface area (Å²) in [5, 5.41) is 0. The van der Waals surface area contributed by atoms with Crippen LogP contribution in [0.2, 0.25) is 0 Å². The van der Waals surface area contributed by atoms with Crippen LogP contribution in [0.1, 0.15) is 6.42 Å². The summed E-state index contributed by atoms with van der Waals surface area (Å²) in [5.74, 6) is -0.514. The van der Waals surface area contributed by atoms with Crippen LogP contribution >= 0.6 is 0 Å². The lowest BCUT2D eigenvalue weighted by Crippen LogP contribution is -2.38. The SMILES string of the molecule is C[N+](C)(C)CCS(=O)(=O)[O-].NCCCS(=O)(=O)O. The van der Waals surface area contributed by atoms with Crippen molar-refractivity contribution in [3.8, 4) is 0 Å². The minimum absolute atomic E-state index is 0.233. The molecule has 10 heteroatoms. The average Bonchev–Trinajstić information content (AvgIpc) is 2.09. The molecule has 0 aromatic rings. The molecule has 0 spiro atoms. The fourth-order valence-corrected chi connectivity index (χ4v) is 1.95. The number of hydrogen-bond donors (Lipinski definition) is 2. The molecule has 0 rings (SSSR count). The molecule has 0 fully saturated rings. The second-order valence-corrected chi connectivity index (χ2v) is 7.80. The lowest BCUT2D eigenvalue weighted by atomic mass is 10.5. The molecule has 0 aliphatic rings. The third kappa shape index (κ3) is 24.8. The Morgan fingerprint density at radius 1 is 1.11 bits per heavy atom. The van der Waals surface area contributed by atoms with Gasteiger partial charge in [0.05, 0.1) is 39.2 Å². The van der Waals surface area contributed by atoms with Gasteiger partial charge in [0.25, 0.3) is 10.1 Å². The monoisotopic (exact) mass is 306 g/mol. The molecule has 0 aliphatic carbocycles. The summed E-state index contributed by atoms with van der Waals surface area (Å²) in [6.07, 6.45) is 0.318.